The lowest BCUT2D eigenvalue weighted by Gasteiger charge is -2.27. The number of hydrogen-bond acceptors (Lipinski definition) is 3. The van der Waals surface area contributed by atoms with Crippen molar-refractivity contribution in [2.45, 2.75) is 32.6 Å². The summed E-state index contributed by atoms with van der Waals surface area (Å²) in [4.78, 5) is 23.5. The molecule has 2 unspecified atom stereocenters. The summed E-state index contributed by atoms with van der Waals surface area (Å²) in [5.41, 5.74) is 0.665. The predicted molar refractivity (Wildman–Crippen MR) is 79.3 cm³/mol. The van der Waals surface area contributed by atoms with Crippen LogP contribution in [-0.2, 0) is 9.59 Å². The molecule has 5 heteroatoms. The average molecular weight is 291 g/mol. The van der Waals surface area contributed by atoms with Gasteiger partial charge in [-0.05, 0) is 44.0 Å². The average Bonchev–Trinajstić information content (AvgIpc) is 2.49. The minimum atomic E-state index is -0.874. The van der Waals surface area contributed by atoms with Crippen LogP contribution in [0, 0.1) is 11.8 Å². The highest BCUT2D eigenvalue weighted by Gasteiger charge is 2.35. The Morgan fingerprint density at radius 2 is 1.81 bits per heavy atom. The Labute approximate surface area is 124 Å². The second kappa shape index (κ2) is 7.11. The van der Waals surface area contributed by atoms with Gasteiger partial charge in [-0.25, -0.2) is 0 Å². The maximum atomic E-state index is 12.3. The summed E-state index contributed by atoms with van der Waals surface area (Å²) in [7, 11) is 0. The third kappa shape index (κ3) is 3.97. The smallest absolute Gasteiger partial charge is 0.307 e. The summed E-state index contributed by atoms with van der Waals surface area (Å²) >= 11 is 0. The zero-order chi connectivity index (χ0) is 15.2. The van der Waals surface area contributed by atoms with Gasteiger partial charge in [-0.15, -0.1) is 0 Å². The van der Waals surface area contributed by atoms with Crippen LogP contribution in [0.15, 0.2) is 24.3 Å². The predicted octanol–water partition coefficient (Wildman–Crippen LogP) is 2.91. The van der Waals surface area contributed by atoms with Crippen molar-refractivity contribution in [2.24, 2.45) is 11.8 Å². The Kier molecular flexibility index (Phi) is 5.20. The van der Waals surface area contributed by atoms with Crippen molar-refractivity contribution in [3.8, 4) is 5.75 Å². The molecule has 2 N–H and O–H groups in total. The van der Waals surface area contributed by atoms with Crippen LogP contribution < -0.4 is 10.1 Å². The molecule has 2 rings (SSSR count). The lowest BCUT2D eigenvalue weighted by atomic mass is 9.78. The monoisotopic (exact) mass is 291 g/mol. The first kappa shape index (κ1) is 15.4. The van der Waals surface area contributed by atoms with E-state index in [9.17, 15) is 14.7 Å². The number of aliphatic carboxylic acids is 1. The number of carboxylic acid groups (broad SMARTS) is 1. The van der Waals surface area contributed by atoms with Crippen molar-refractivity contribution in [3.05, 3.63) is 24.3 Å². The number of carbonyl (C=O) groups excluding carboxylic acids is 1. The van der Waals surface area contributed by atoms with E-state index in [4.69, 9.17) is 4.74 Å². The number of amides is 1. The molecule has 21 heavy (non-hydrogen) atoms. The van der Waals surface area contributed by atoms with Crippen molar-refractivity contribution >= 4 is 17.6 Å². The van der Waals surface area contributed by atoms with E-state index in [2.05, 4.69) is 5.32 Å². The van der Waals surface area contributed by atoms with Crippen LogP contribution in [0.2, 0.25) is 0 Å². The van der Waals surface area contributed by atoms with Gasteiger partial charge < -0.3 is 15.2 Å². The molecule has 5 nitrogen and oxygen atoms in total. The second-order valence-corrected chi connectivity index (χ2v) is 5.28. The van der Waals surface area contributed by atoms with E-state index in [0.29, 0.717) is 25.1 Å². The first-order valence-corrected chi connectivity index (χ1v) is 7.38. The maximum Gasteiger partial charge on any atom is 0.307 e. The normalized spacial score (nSPS) is 21.6. The third-order valence-electron chi connectivity index (χ3n) is 3.85. The number of rotatable bonds is 5. The van der Waals surface area contributed by atoms with Crippen LogP contribution in [0.1, 0.15) is 32.6 Å². The summed E-state index contributed by atoms with van der Waals surface area (Å²) < 4.78 is 5.34. The number of ether oxygens (including phenoxy) is 1. The van der Waals surface area contributed by atoms with Gasteiger partial charge in [0, 0.05) is 5.69 Å². The third-order valence-corrected chi connectivity index (χ3v) is 3.85. The second-order valence-electron chi connectivity index (χ2n) is 5.28. The van der Waals surface area contributed by atoms with E-state index in [1.165, 1.54) is 0 Å². The highest BCUT2D eigenvalue weighted by atomic mass is 16.5. The quantitative estimate of drug-likeness (QED) is 0.874. The molecule has 0 bridgehead atoms. The van der Waals surface area contributed by atoms with Crippen LogP contribution in [0.5, 0.6) is 5.75 Å². The van der Waals surface area contributed by atoms with E-state index in [-0.39, 0.29) is 5.91 Å². The number of carboxylic acids is 1. The van der Waals surface area contributed by atoms with Gasteiger partial charge in [-0.3, -0.25) is 9.59 Å². The molecule has 1 aliphatic rings. The summed E-state index contributed by atoms with van der Waals surface area (Å²) in [6.45, 7) is 2.50. The molecule has 0 aliphatic heterocycles. The number of hydrogen-bond donors (Lipinski definition) is 2. The minimum absolute atomic E-state index is 0.203. The summed E-state index contributed by atoms with van der Waals surface area (Å²) in [6, 6.07) is 7.10. The number of nitrogens with one attached hydrogen (secondary N) is 1. The SMILES string of the molecule is CCOc1ccc(NC(=O)C2CCCCC2C(=O)O)cc1. The summed E-state index contributed by atoms with van der Waals surface area (Å²) in [5, 5.41) is 12.0. The van der Waals surface area contributed by atoms with Gasteiger partial charge in [0.1, 0.15) is 5.75 Å². The zero-order valence-electron chi connectivity index (χ0n) is 12.2. The molecule has 114 valence electrons. The molecule has 0 saturated heterocycles. The van der Waals surface area contributed by atoms with Gasteiger partial charge in [0.05, 0.1) is 18.4 Å². The molecule has 0 aromatic heterocycles. The van der Waals surface area contributed by atoms with Gasteiger partial charge >= 0.3 is 5.97 Å². The molecule has 1 saturated carbocycles. The van der Waals surface area contributed by atoms with Gasteiger partial charge in [-0.2, -0.15) is 0 Å². The van der Waals surface area contributed by atoms with E-state index in [1.54, 1.807) is 24.3 Å². The molecule has 2 atom stereocenters. The molecular formula is C16H21NO4. The van der Waals surface area contributed by atoms with Gasteiger partial charge in [0.25, 0.3) is 0 Å². The van der Waals surface area contributed by atoms with Crippen molar-refractivity contribution in [3.63, 3.8) is 0 Å². The van der Waals surface area contributed by atoms with Crippen molar-refractivity contribution in [2.75, 3.05) is 11.9 Å². The Morgan fingerprint density at radius 3 is 2.38 bits per heavy atom. The minimum Gasteiger partial charge on any atom is -0.494 e. The first-order chi connectivity index (χ1) is 10.1. The Morgan fingerprint density at radius 1 is 1.19 bits per heavy atom. The lowest BCUT2D eigenvalue weighted by Crippen LogP contribution is -2.36. The van der Waals surface area contributed by atoms with Crippen LogP contribution in [0.4, 0.5) is 5.69 Å². The highest BCUT2D eigenvalue weighted by molar-refractivity contribution is 5.95. The molecule has 1 aliphatic carbocycles. The lowest BCUT2D eigenvalue weighted by molar-refractivity contribution is -0.147. The standard InChI is InChI=1S/C16H21NO4/c1-2-21-12-9-7-11(8-10-12)17-15(18)13-5-3-4-6-14(13)16(19)20/h7-10,13-14H,2-6H2,1H3,(H,17,18)(H,19,20). The topological polar surface area (TPSA) is 75.6 Å². The fourth-order valence-electron chi connectivity index (χ4n) is 2.78. The first-order valence-electron chi connectivity index (χ1n) is 7.38. The fourth-order valence-corrected chi connectivity index (χ4v) is 2.78. The van der Waals surface area contributed by atoms with Crippen molar-refractivity contribution in [1.29, 1.82) is 0 Å². The summed E-state index contributed by atoms with van der Waals surface area (Å²) in [5.74, 6) is -1.34. The molecule has 1 amide bonds. The van der Waals surface area contributed by atoms with Crippen LogP contribution in [0.3, 0.4) is 0 Å². The number of carbonyl (C=O) groups is 2. The molecule has 1 aromatic rings. The van der Waals surface area contributed by atoms with E-state index in [1.807, 2.05) is 6.92 Å². The van der Waals surface area contributed by atoms with Crippen molar-refractivity contribution < 1.29 is 19.4 Å². The van der Waals surface area contributed by atoms with Crippen LogP contribution in [-0.4, -0.2) is 23.6 Å². The van der Waals surface area contributed by atoms with Gasteiger partial charge in [0.15, 0.2) is 0 Å². The Balaban J connectivity index is 2.00. The van der Waals surface area contributed by atoms with Gasteiger partial charge in [0.2, 0.25) is 5.91 Å². The molecule has 0 spiro atoms. The molecule has 1 fully saturated rings. The molecule has 0 radical (unpaired) electrons. The number of anilines is 1. The molecule has 0 heterocycles. The molecular weight excluding hydrogens is 270 g/mol. The van der Waals surface area contributed by atoms with Crippen molar-refractivity contribution in [1.82, 2.24) is 0 Å². The largest absolute Gasteiger partial charge is 0.494 e. The highest BCUT2D eigenvalue weighted by Crippen LogP contribution is 2.31. The fraction of sp³-hybridized carbons (Fsp3) is 0.500. The molecule has 1 aromatic carbocycles. The van der Waals surface area contributed by atoms with E-state index in [0.717, 1.165) is 18.6 Å². The van der Waals surface area contributed by atoms with E-state index >= 15 is 0 Å². The Bertz CT molecular complexity index is 498. The number of benzene rings is 1. The maximum absolute atomic E-state index is 12.3. The summed E-state index contributed by atoms with van der Waals surface area (Å²) in [6.07, 6.45) is 3.01. The van der Waals surface area contributed by atoms with Gasteiger partial charge in [-0.1, -0.05) is 12.8 Å². The van der Waals surface area contributed by atoms with Crippen LogP contribution in [0.25, 0.3) is 0 Å². The van der Waals surface area contributed by atoms with Crippen LogP contribution >= 0.6 is 0 Å². The zero-order valence-corrected chi connectivity index (χ0v) is 12.2. The Hall–Kier alpha value is -2.04. The van der Waals surface area contributed by atoms with E-state index < -0.39 is 17.8 Å².